The van der Waals surface area contributed by atoms with E-state index in [4.69, 9.17) is 9.26 Å². The van der Waals surface area contributed by atoms with E-state index in [0.29, 0.717) is 17.7 Å². The number of phosphoric ester groups is 1. The van der Waals surface area contributed by atoms with Crippen molar-refractivity contribution >= 4 is 13.7 Å². The van der Waals surface area contributed by atoms with E-state index in [-0.39, 0.29) is 65.0 Å². The molecule has 0 aromatic heterocycles. The summed E-state index contributed by atoms with van der Waals surface area (Å²) >= 11 is 0. The molecule has 0 saturated carbocycles. The molecule has 0 fully saturated rings. The van der Waals surface area contributed by atoms with Gasteiger partial charge in [-0.2, -0.15) is 0 Å². The smallest absolute Gasteiger partial charge is 0.790 e. The van der Waals surface area contributed by atoms with Gasteiger partial charge in [0.25, 0.3) is 0 Å². The summed E-state index contributed by atoms with van der Waals surface area (Å²) < 4.78 is 21.1. The average molecular weight is 445 g/mol. The van der Waals surface area contributed by atoms with Gasteiger partial charge in [-0.1, -0.05) is 44.7 Å². The normalized spacial score (nSPS) is 12.3. The number of amides is 1. The monoisotopic (exact) mass is 445 g/mol. The van der Waals surface area contributed by atoms with Gasteiger partial charge in [0.2, 0.25) is 5.91 Å². The van der Waals surface area contributed by atoms with E-state index >= 15 is 0 Å². The van der Waals surface area contributed by atoms with Crippen LogP contribution in [0.15, 0.2) is 24.3 Å². The van der Waals surface area contributed by atoms with Crippen molar-refractivity contribution in [1.29, 1.82) is 0 Å². The van der Waals surface area contributed by atoms with Crippen LogP contribution >= 0.6 is 7.82 Å². The molecule has 0 bridgehead atoms. The number of carbonyl (C=O) groups is 1. The van der Waals surface area contributed by atoms with Gasteiger partial charge in [0.15, 0.2) is 0 Å². The van der Waals surface area contributed by atoms with Crippen LogP contribution < -0.4 is 79.0 Å². The van der Waals surface area contributed by atoms with Crippen molar-refractivity contribution in [3.8, 4) is 5.75 Å². The Morgan fingerprint density at radius 3 is 2.34 bits per heavy atom. The van der Waals surface area contributed by atoms with E-state index in [1.807, 2.05) is 0 Å². The minimum absolute atomic E-state index is 0. The molecule has 29 heavy (non-hydrogen) atoms. The standard InChI is InChI=1S/C19H32NO6P.2Na/c1-5-6-7-8-9-13-17(21)20-18(19(2,3)26-27(22,23)24)15-11-10-12-16(14-15)25-4;;/h10-12,14,18H,5-9,13H2,1-4H3,(H,20,21)(H2,22,23,24);;/q;2*+1/p-2/t18-;;/m1../s1. The Labute approximate surface area is 218 Å². The Morgan fingerprint density at radius 2 is 1.79 bits per heavy atom. The molecule has 1 rings (SSSR count). The van der Waals surface area contributed by atoms with Gasteiger partial charge in [-0.05, 0) is 38.0 Å². The molecule has 0 heterocycles. The molecule has 1 aromatic rings. The van der Waals surface area contributed by atoms with Crippen molar-refractivity contribution in [3.05, 3.63) is 29.8 Å². The van der Waals surface area contributed by atoms with Gasteiger partial charge < -0.3 is 28.9 Å². The van der Waals surface area contributed by atoms with Crippen LogP contribution in [0, 0.1) is 0 Å². The molecule has 10 heteroatoms. The molecular weight excluding hydrogens is 415 g/mol. The summed E-state index contributed by atoms with van der Waals surface area (Å²) in [6.45, 7) is 5.04. The molecule has 154 valence electrons. The topological polar surface area (TPSA) is 111 Å². The van der Waals surface area contributed by atoms with Crippen LogP contribution in [-0.2, 0) is 13.9 Å². The third-order valence-corrected chi connectivity index (χ3v) is 4.98. The predicted octanol–water partition coefficient (Wildman–Crippen LogP) is -3.16. The second kappa shape index (κ2) is 15.4. The van der Waals surface area contributed by atoms with Crippen molar-refractivity contribution in [2.45, 2.75) is 70.9 Å². The minimum atomic E-state index is -5.24. The van der Waals surface area contributed by atoms with Crippen molar-refractivity contribution in [3.63, 3.8) is 0 Å². The van der Waals surface area contributed by atoms with Crippen molar-refractivity contribution in [2.75, 3.05) is 7.11 Å². The zero-order chi connectivity index (χ0) is 20.5. The molecule has 0 saturated heterocycles. The fourth-order valence-corrected chi connectivity index (χ4v) is 3.62. The van der Waals surface area contributed by atoms with Gasteiger partial charge in [-0.3, -0.25) is 4.79 Å². The summed E-state index contributed by atoms with van der Waals surface area (Å²) in [5, 5.41) is 2.82. The Bertz CT molecular complexity index is 653. The molecule has 1 aromatic carbocycles. The first-order chi connectivity index (χ1) is 12.6. The van der Waals surface area contributed by atoms with E-state index in [2.05, 4.69) is 12.2 Å². The predicted molar refractivity (Wildman–Crippen MR) is 100 cm³/mol. The maximum atomic E-state index is 12.4. The van der Waals surface area contributed by atoms with Crippen LogP contribution in [0.1, 0.15) is 70.9 Å². The fraction of sp³-hybridized carbons (Fsp3) is 0.632. The van der Waals surface area contributed by atoms with E-state index in [9.17, 15) is 19.1 Å². The van der Waals surface area contributed by atoms with Gasteiger partial charge in [0, 0.05) is 6.42 Å². The third kappa shape index (κ3) is 12.9. The summed E-state index contributed by atoms with van der Waals surface area (Å²) in [4.78, 5) is 34.8. The van der Waals surface area contributed by atoms with E-state index in [0.717, 1.165) is 32.1 Å². The number of ether oxygens (including phenoxy) is 1. The number of hydrogen-bond donors (Lipinski definition) is 1. The Hall–Kier alpha value is 0.600. The average Bonchev–Trinajstić information content (AvgIpc) is 2.57. The number of benzene rings is 1. The zero-order valence-corrected chi connectivity index (χ0v) is 23.4. The van der Waals surface area contributed by atoms with E-state index in [1.54, 1.807) is 24.3 Å². The molecular formula is C19H30NNa2O6P. The molecule has 0 aliphatic carbocycles. The first kappa shape index (κ1) is 31.8. The van der Waals surface area contributed by atoms with E-state index in [1.165, 1.54) is 21.0 Å². The number of carbonyl (C=O) groups excluding carboxylic acids is 1. The molecule has 0 unspecified atom stereocenters. The van der Waals surface area contributed by atoms with Crippen LogP contribution in [0.25, 0.3) is 0 Å². The van der Waals surface area contributed by atoms with Gasteiger partial charge in [0.05, 0.1) is 26.6 Å². The van der Waals surface area contributed by atoms with Crippen LogP contribution in [-0.4, -0.2) is 18.6 Å². The summed E-state index contributed by atoms with van der Waals surface area (Å²) in [6, 6.07) is 6.03. The third-order valence-electron chi connectivity index (χ3n) is 4.28. The van der Waals surface area contributed by atoms with Gasteiger partial charge >= 0.3 is 59.1 Å². The summed E-state index contributed by atoms with van der Waals surface area (Å²) in [6.07, 6.45) is 5.37. The van der Waals surface area contributed by atoms with Crippen LogP contribution in [0.2, 0.25) is 0 Å². The van der Waals surface area contributed by atoms with Crippen LogP contribution in [0.4, 0.5) is 0 Å². The Balaban J connectivity index is 0. The fourth-order valence-electron chi connectivity index (χ4n) is 2.94. The van der Waals surface area contributed by atoms with Crippen LogP contribution in [0.5, 0.6) is 5.75 Å². The first-order valence-corrected chi connectivity index (χ1v) is 10.7. The molecule has 1 atom stereocenters. The SMILES string of the molecule is CCCCCCCC(=O)N[C@H](c1cccc(OC)c1)C(C)(C)OP(=O)([O-])[O-].[Na+].[Na+]. The minimum Gasteiger partial charge on any atom is -0.790 e. The van der Waals surface area contributed by atoms with Gasteiger partial charge in [0.1, 0.15) is 5.75 Å². The maximum Gasteiger partial charge on any atom is 1.00 e. The molecule has 0 spiro atoms. The molecule has 0 radical (unpaired) electrons. The molecule has 7 nitrogen and oxygen atoms in total. The Kier molecular flexibility index (Phi) is 16.9. The van der Waals surface area contributed by atoms with Gasteiger partial charge in [-0.15, -0.1) is 0 Å². The maximum absolute atomic E-state index is 12.4. The number of methoxy groups -OCH3 is 1. The molecule has 0 aliphatic rings. The van der Waals surface area contributed by atoms with E-state index < -0.39 is 19.5 Å². The van der Waals surface area contributed by atoms with Crippen molar-refractivity contribution in [2.24, 2.45) is 0 Å². The zero-order valence-electron chi connectivity index (χ0n) is 18.5. The second-order valence-electron chi connectivity index (χ2n) is 7.08. The van der Waals surface area contributed by atoms with Crippen LogP contribution in [0.3, 0.4) is 0 Å². The number of phosphoric acid groups is 1. The van der Waals surface area contributed by atoms with Crippen molar-refractivity contribution < 1.29 is 87.5 Å². The molecule has 1 amide bonds. The summed E-state index contributed by atoms with van der Waals surface area (Å²) in [5.74, 6) is 0.331. The number of nitrogens with one attached hydrogen (secondary N) is 1. The Morgan fingerprint density at radius 1 is 1.17 bits per heavy atom. The van der Waals surface area contributed by atoms with Crippen molar-refractivity contribution in [1.82, 2.24) is 5.32 Å². The summed E-state index contributed by atoms with van der Waals surface area (Å²) in [5.41, 5.74) is -0.865. The molecule has 1 N–H and O–H groups in total. The molecule has 0 aliphatic heterocycles. The number of rotatable bonds is 12. The number of unbranched alkanes of at least 4 members (excludes halogenated alkanes) is 4. The number of hydrogen-bond acceptors (Lipinski definition) is 6. The largest absolute Gasteiger partial charge is 1.00 e. The first-order valence-electron chi connectivity index (χ1n) is 9.25. The quantitative estimate of drug-likeness (QED) is 0.207. The summed E-state index contributed by atoms with van der Waals surface area (Å²) in [7, 11) is -3.73. The second-order valence-corrected chi connectivity index (χ2v) is 8.16. The van der Waals surface area contributed by atoms with Gasteiger partial charge in [-0.25, -0.2) is 0 Å².